The molecule has 7 N–H and O–H groups in total. The summed E-state index contributed by atoms with van der Waals surface area (Å²) in [5.41, 5.74) is 0. The van der Waals surface area contributed by atoms with Gasteiger partial charge >= 0.3 is 0 Å². The maximum Gasteiger partial charge on any atom is 0.217 e. The molecule has 0 bridgehead atoms. The smallest absolute Gasteiger partial charge is 0.217 e. The average molecular weight is 485 g/mol. The molecule has 0 spiro atoms. The van der Waals surface area contributed by atoms with E-state index < -0.39 is 86.3 Å². The van der Waals surface area contributed by atoms with Crippen molar-refractivity contribution in [2.45, 2.75) is 75.1 Å². The highest BCUT2D eigenvalue weighted by Crippen LogP contribution is 2.29. The zero-order valence-electron chi connectivity index (χ0n) is 17.7. The number of ether oxygens (including phenoxy) is 4. The highest BCUT2D eigenvalue weighted by atomic mass is 32.1. The molecule has 5 unspecified atom stereocenters. The number of carbonyl (C=O) groups excluding carboxylic acids is 2. The summed E-state index contributed by atoms with van der Waals surface area (Å²) in [6, 6.07) is -2.36. The maximum absolute atomic E-state index is 11.7. The first-order valence-corrected chi connectivity index (χ1v) is 10.8. The van der Waals surface area contributed by atoms with Crippen molar-refractivity contribution in [2.24, 2.45) is 0 Å². The summed E-state index contributed by atoms with van der Waals surface area (Å²) in [5, 5.41) is 55.7. The number of aliphatic hydroxyl groups is 5. The highest BCUT2D eigenvalue weighted by Gasteiger charge is 2.51. The Hall–Kier alpha value is -1.07. The van der Waals surface area contributed by atoms with E-state index in [1.165, 1.54) is 13.8 Å². The molecule has 14 heteroatoms. The minimum atomic E-state index is -1.57. The Labute approximate surface area is 190 Å². The van der Waals surface area contributed by atoms with Gasteiger partial charge in [0.25, 0.3) is 0 Å². The summed E-state index contributed by atoms with van der Waals surface area (Å²) in [6.45, 7) is 1.28. The van der Waals surface area contributed by atoms with Crippen molar-refractivity contribution in [3.05, 3.63) is 0 Å². The Morgan fingerprint density at radius 3 is 1.91 bits per heavy atom. The molecule has 0 aliphatic carbocycles. The fourth-order valence-electron chi connectivity index (χ4n) is 3.68. The molecular formula is C18H32N2O11S. The van der Waals surface area contributed by atoms with Gasteiger partial charge in [-0.15, -0.1) is 0 Å². The Kier molecular flexibility index (Phi) is 10.5. The lowest BCUT2D eigenvalue weighted by molar-refractivity contribution is -0.331. The zero-order chi connectivity index (χ0) is 24.0. The minimum absolute atomic E-state index is 0.138. The van der Waals surface area contributed by atoms with E-state index in [-0.39, 0.29) is 6.61 Å². The van der Waals surface area contributed by atoms with Crippen LogP contribution in [0.15, 0.2) is 0 Å². The normalized spacial score (nSPS) is 40.0. The van der Waals surface area contributed by atoms with Gasteiger partial charge in [0.05, 0.1) is 19.8 Å². The minimum Gasteiger partial charge on any atom is -0.394 e. The second kappa shape index (κ2) is 12.4. The third kappa shape index (κ3) is 6.50. The molecule has 13 nitrogen and oxygen atoms in total. The van der Waals surface area contributed by atoms with Crippen LogP contribution in [0.3, 0.4) is 0 Å². The Bertz CT molecular complexity index is 630. The monoisotopic (exact) mass is 484 g/mol. The standard InChI is InChI=1S/C18H32N2O11S/c1-7(23)19-11-14(26)13(25)9(5-21)29-18(11)31-16-10(6-22)30-17(28-3-4-32)12(15(16)27)20-8(2)24/h9-18,21-22,25-27,32H,3-6H2,1-2H3,(H,19,23)(H,20,24)/t9?,10?,11?,12?,13-,14-,15?,16-,17-,18+/m1/s1. The SMILES string of the molecule is CC(=O)NC1C(O)[C@H](O[C@@H]2OC(CO)[C@@H](O)[C@H](O)C2NC(C)=O)C(CO)O[C@H]1OCCS. The van der Waals surface area contributed by atoms with Crippen LogP contribution in [-0.4, -0.2) is 124 Å². The van der Waals surface area contributed by atoms with Crippen LogP contribution in [0.1, 0.15) is 13.8 Å². The molecule has 2 amide bonds. The van der Waals surface area contributed by atoms with Crippen molar-refractivity contribution in [1.29, 1.82) is 0 Å². The topological polar surface area (TPSA) is 196 Å². The molecule has 10 atom stereocenters. The van der Waals surface area contributed by atoms with Crippen molar-refractivity contribution < 1.29 is 54.1 Å². The van der Waals surface area contributed by atoms with E-state index >= 15 is 0 Å². The first-order chi connectivity index (χ1) is 15.1. The molecule has 2 saturated heterocycles. The predicted molar refractivity (Wildman–Crippen MR) is 109 cm³/mol. The fourth-order valence-corrected chi connectivity index (χ4v) is 3.78. The van der Waals surface area contributed by atoms with Gasteiger partial charge in [0, 0.05) is 19.6 Å². The number of thiol groups is 1. The Balaban J connectivity index is 2.29. The van der Waals surface area contributed by atoms with E-state index in [0.29, 0.717) is 5.75 Å². The largest absolute Gasteiger partial charge is 0.394 e. The van der Waals surface area contributed by atoms with Crippen molar-refractivity contribution in [3.63, 3.8) is 0 Å². The summed E-state index contributed by atoms with van der Waals surface area (Å²) in [5.74, 6) is -0.706. The lowest BCUT2D eigenvalue weighted by atomic mass is 9.94. The summed E-state index contributed by atoms with van der Waals surface area (Å²) in [6.07, 6.45) is -10.8. The van der Waals surface area contributed by atoms with Crippen LogP contribution in [0.5, 0.6) is 0 Å². The van der Waals surface area contributed by atoms with Crippen LogP contribution in [-0.2, 0) is 28.5 Å². The van der Waals surface area contributed by atoms with E-state index in [1.54, 1.807) is 0 Å². The van der Waals surface area contributed by atoms with E-state index in [4.69, 9.17) is 18.9 Å². The molecule has 2 heterocycles. The van der Waals surface area contributed by atoms with E-state index in [9.17, 15) is 35.1 Å². The first kappa shape index (κ1) is 27.2. The molecule has 0 radical (unpaired) electrons. The quantitative estimate of drug-likeness (QED) is 0.148. The second-order valence-corrected chi connectivity index (χ2v) is 8.02. The maximum atomic E-state index is 11.7. The molecule has 2 aliphatic rings. The van der Waals surface area contributed by atoms with Gasteiger partial charge in [-0.3, -0.25) is 9.59 Å². The van der Waals surface area contributed by atoms with Crippen molar-refractivity contribution >= 4 is 24.4 Å². The van der Waals surface area contributed by atoms with Gasteiger partial charge in [0.15, 0.2) is 12.6 Å². The van der Waals surface area contributed by atoms with Gasteiger partial charge in [-0.25, -0.2) is 0 Å². The molecule has 2 fully saturated rings. The molecule has 0 aromatic carbocycles. The number of aliphatic hydroxyl groups excluding tert-OH is 5. The molecule has 0 aromatic rings. The number of hydrogen-bond acceptors (Lipinski definition) is 12. The Morgan fingerprint density at radius 1 is 0.875 bits per heavy atom. The lowest BCUT2D eigenvalue weighted by Gasteiger charge is -2.48. The van der Waals surface area contributed by atoms with Gasteiger partial charge in [-0.1, -0.05) is 0 Å². The molecule has 32 heavy (non-hydrogen) atoms. The summed E-state index contributed by atoms with van der Waals surface area (Å²) >= 11 is 4.04. The second-order valence-electron chi connectivity index (χ2n) is 7.57. The molecular weight excluding hydrogens is 452 g/mol. The number of rotatable bonds is 9. The zero-order valence-corrected chi connectivity index (χ0v) is 18.6. The van der Waals surface area contributed by atoms with Crippen LogP contribution >= 0.6 is 12.6 Å². The van der Waals surface area contributed by atoms with E-state index in [0.717, 1.165) is 0 Å². The van der Waals surface area contributed by atoms with Gasteiger partial charge in [-0.2, -0.15) is 12.6 Å². The van der Waals surface area contributed by atoms with Crippen molar-refractivity contribution in [3.8, 4) is 0 Å². The molecule has 0 saturated carbocycles. The average Bonchev–Trinajstić information content (AvgIpc) is 2.74. The number of carbonyl (C=O) groups is 2. The number of nitrogens with one attached hydrogen (secondary N) is 2. The summed E-state index contributed by atoms with van der Waals surface area (Å²) < 4.78 is 22.5. The third-order valence-corrected chi connectivity index (χ3v) is 5.32. The Morgan fingerprint density at radius 2 is 1.41 bits per heavy atom. The van der Waals surface area contributed by atoms with Crippen molar-refractivity contribution in [1.82, 2.24) is 10.6 Å². The van der Waals surface area contributed by atoms with Crippen LogP contribution in [0.2, 0.25) is 0 Å². The van der Waals surface area contributed by atoms with E-state index in [1.807, 2.05) is 0 Å². The lowest BCUT2D eigenvalue weighted by Crippen LogP contribution is -2.69. The highest BCUT2D eigenvalue weighted by molar-refractivity contribution is 7.80. The first-order valence-electron chi connectivity index (χ1n) is 10.1. The van der Waals surface area contributed by atoms with Gasteiger partial charge in [-0.05, 0) is 0 Å². The van der Waals surface area contributed by atoms with Gasteiger partial charge < -0.3 is 55.1 Å². The van der Waals surface area contributed by atoms with E-state index in [2.05, 4.69) is 23.3 Å². The fraction of sp³-hybridized carbons (Fsp3) is 0.889. The summed E-state index contributed by atoms with van der Waals surface area (Å²) in [7, 11) is 0. The van der Waals surface area contributed by atoms with Crippen molar-refractivity contribution in [2.75, 3.05) is 25.6 Å². The predicted octanol–water partition coefficient (Wildman–Crippen LogP) is -4.16. The van der Waals surface area contributed by atoms with Gasteiger partial charge in [0.1, 0.15) is 48.7 Å². The van der Waals surface area contributed by atoms with Crippen LogP contribution < -0.4 is 10.6 Å². The van der Waals surface area contributed by atoms with Crippen LogP contribution in [0.4, 0.5) is 0 Å². The van der Waals surface area contributed by atoms with Gasteiger partial charge in [0.2, 0.25) is 11.8 Å². The molecule has 0 aromatic heterocycles. The third-order valence-electron chi connectivity index (χ3n) is 5.14. The molecule has 2 aliphatic heterocycles. The van der Waals surface area contributed by atoms with Crippen LogP contribution in [0, 0.1) is 0 Å². The molecule has 2 rings (SSSR count). The summed E-state index contributed by atoms with van der Waals surface area (Å²) in [4.78, 5) is 23.3. The number of amides is 2. The number of hydrogen-bond donors (Lipinski definition) is 8. The molecule has 186 valence electrons. The van der Waals surface area contributed by atoms with Crippen LogP contribution in [0.25, 0.3) is 0 Å².